The van der Waals surface area contributed by atoms with Crippen molar-refractivity contribution in [1.29, 1.82) is 0 Å². The molecule has 12 heteroatoms. The molecule has 6 nitrogen and oxygen atoms in total. The van der Waals surface area contributed by atoms with Crippen molar-refractivity contribution >= 4 is 46.7 Å². The first-order valence-electron chi connectivity index (χ1n) is 7.56. The smallest absolute Gasteiger partial charge is 0.406 e. The monoisotopic (exact) mass is 448 g/mol. The molecular formula is C15H18Cl3F3N4O2. The number of guanidine groups is 1. The number of aliphatic imine (C=N–C) groups is 1. The normalized spacial score (nSPS) is 11.9. The van der Waals surface area contributed by atoms with E-state index in [9.17, 15) is 18.0 Å². The molecule has 1 amide bonds. The van der Waals surface area contributed by atoms with E-state index in [0.717, 1.165) is 7.05 Å². The van der Waals surface area contributed by atoms with Crippen LogP contribution in [0.3, 0.4) is 0 Å². The average molecular weight is 450 g/mol. The number of nitrogens with zero attached hydrogens (tertiary/aromatic N) is 2. The van der Waals surface area contributed by atoms with Crippen LogP contribution in [0, 0.1) is 0 Å². The minimum atomic E-state index is -4.45. The van der Waals surface area contributed by atoms with Crippen LogP contribution < -0.4 is 15.4 Å². The zero-order valence-corrected chi connectivity index (χ0v) is 16.7. The summed E-state index contributed by atoms with van der Waals surface area (Å²) >= 11 is 17.8. The average Bonchev–Trinajstić information content (AvgIpc) is 2.54. The molecule has 1 aromatic rings. The third-order valence-corrected chi connectivity index (χ3v) is 3.86. The second-order valence-corrected chi connectivity index (χ2v) is 6.52. The zero-order valence-electron chi connectivity index (χ0n) is 14.5. The first-order chi connectivity index (χ1) is 12.5. The van der Waals surface area contributed by atoms with E-state index in [2.05, 4.69) is 15.6 Å². The van der Waals surface area contributed by atoms with Gasteiger partial charge in [-0.25, -0.2) is 0 Å². The summed E-state index contributed by atoms with van der Waals surface area (Å²) in [6.07, 6.45) is -4.45. The maximum absolute atomic E-state index is 12.3. The molecule has 1 aromatic carbocycles. The highest BCUT2D eigenvalue weighted by Crippen LogP contribution is 2.35. The summed E-state index contributed by atoms with van der Waals surface area (Å²) in [5, 5.41) is 6.35. The molecule has 0 fully saturated rings. The van der Waals surface area contributed by atoms with E-state index in [0.29, 0.717) is 9.92 Å². The predicted octanol–water partition coefficient (Wildman–Crippen LogP) is 3.21. The molecule has 1 rings (SSSR count). The number of benzene rings is 1. The third-order valence-electron chi connectivity index (χ3n) is 3.08. The maximum atomic E-state index is 12.3. The molecule has 0 spiro atoms. The van der Waals surface area contributed by atoms with Gasteiger partial charge in [0.25, 0.3) is 0 Å². The maximum Gasteiger partial charge on any atom is 0.406 e. The highest BCUT2D eigenvalue weighted by atomic mass is 35.5. The van der Waals surface area contributed by atoms with Crippen molar-refractivity contribution < 1.29 is 22.7 Å². The highest BCUT2D eigenvalue weighted by molar-refractivity contribution is 6.40. The van der Waals surface area contributed by atoms with E-state index in [1.807, 2.05) is 0 Å². The van der Waals surface area contributed by atoms with E-state index >= 15 is 0 Å². The lowest BCUT2D eigenvalue weighted by Crippen LogP contribution is -2.46. The minimum absolute atomic E-state index is 0.156. The van der Waals surface area contributed by atoms with Crippen LogP contribution in [0.4, 0.5) is 13.2 Å². The standard InChI is InChI=1S/C15H18Cl3F3N4O2/c1-22-14(24-7-12(26)25(2)8-15(19,20)21)23-3-4-27-13-10(17)5-9(16)6-11(13)18/h5-6H,3-4,7-8H2,1-2H3,(H2,22,23,24). The van der Waals surface area contributed by atoms with Crippen molar-refractivity contribution in [3.63, 3.8) is 0 Å². The summed E-state index contributed by atoms with van der Waals surface area (Å²) < 4.78 is 42.3. The Kier molecular flexibility index (Phi) is 9.28. The van der Waals surface area contributed by atoms with Crippen LogP contribution in [0.1, 0.15) is 0 Å². The molecule has 0 radical (unpaired) electrons. The summed E-state index contributed by atoms with van der Waals surface area (Å²) in [5.41, 5.74) is 0. The van der Waals surface area contributed by atoms with Gasteiger partial charge in [0.2, 0.25) is 5.91 Å². The summed E-state index contributed by atoms with van der Waals surface area (Å²) in [7, 11) is 2.52. The van der Waals surface area contributed by atoms with Gasteiger partial charge in [0.05, 0.1) is 23.1 Å². The van der Waals surface area contributed by atoms with Gasteiger partial charge in [0, 0.05) is 19.1 Å². The third kappa shape index (κ3) is 8.77. The number of carbonyl (C=O) groups is 1. The predicted molar refractivity (Wildman–Crippen MR) is 100 cm³/mol. The van der Waals surface area contributed by atoms with Gasteiger partial charge < -0.3 is 20.3 Å². The van der Waals surface area contributed by atoms with Crippen molar-refractivity contribution in [1.82, 2.24) is 15.5 Å². The number of halogens is 6. The Morgan fingerprint density at radius 2 is 1.81 bits per heavy atom. The first kappa shape index (κ1) is 23.5. The Bertz CT molecular complexity index is 664. The Morgan fingerprint density at radius 3 is 2.33 bits per heavy atom. The number of amides is 1. The molecular weight excluding hydrogens is 432 g/mol. The van der Waals surface area contributed by atoms with Crippen LogP contribution in [-0.2, 0) is 4.79 Å². The number of likely N-dealkylation sites (N-methyl/N-ethyl adjacent to an activating group) is 1. The fraction of sp³-hybridized carbons (Fsp3) is 0.467. The molecule has 0 bridgehead atoms. The summed E-state index contributed by atoms with van der Waals surface area (Å²) in [6.45, 7) is -1.25. The van der Waals surface area contributed by atoms with Gasteiger partial charge in [-0.3, -0.25) is 9.79 Å². The highest BCUT2D eigenvalue weighted by Gasteiger charge is 2.31. The molecule has 2 N–H and O–H groups in total. The van der Waals surface area contributed by atoms with Crippen LogP contribution in [0.15, 0.2) is 17.1 Å². The van der Waals surface area contributed by atoms with Crippen LogP contribution in [0.2, 0.25) is 15.1 Å². The molecule has 0 saturated heterocycles. The first-order valence-corrected chi connectivity index (χ1v) is 8.69. The molecule has 0 aliphatic rings. The number of carbonyl (C=O) groups excluding carboxylic acids is 1. The van der Waals surface area contributed by atoms with Gasteiger partial charge in [-0.05, 0) is 12.1 Å². The van der Waals surface area contributed by atoms with Crippen LogP contribution in [0.25, 0.3) is 0 Å². The molecule has 0 aliphatic carbocycles. The number of rotatable bonds is 7. The molecule has 0 unspecified atom stereocenters. The molecule has 27 heavy (non-hydrogen) atoms. The second-order valence-electron chi connectivity index (χ2n) is 5.26. The number of alkyl halides is 3. The SMILES string of the molecule is CN=C(NCCOc1c(Cl)cc(Cl)cc1Cl)NCC(=O)N(C)CC(F)(F)F. The van der Waals surface area contributed by atoms with E-state index in [4.69, 9.17) is 39.5 Å². The summed E-state index contributed by atoms with van der Waals surface area (Å²) in [6, 6.07) is 2.97. The Balaban J connectivity index is 2.40. The summed E-state index contributed by atoms with van der Waals surface area (Å²) in [4.78, 5) is 16.1. The molecule has 0 heterocycles. The van der Waals surface area contributed by atoms with Crippen molar-refractivity contribution in [2.45, 2.75) is 6.18 Å². The van der Waals surface area contributed by atoms with Crippen LogP contribution in [0.5, 0.6) is 5.75 Å². The Morgan fingerprint density at radius 1 is 1.22 bits per heavy atom. The topological polar surface area (TPSA) is 66.0 Å². The Labute approximate surface area is 169 Å². The van der Waals surface area contributed by atoms with E-state index in [1.165, 1.54) is 19.2 Å². The van der Waals surface area contributed by atoms with E-state index in [1.54, 1.807) is 0 Å². The van der Waals surface area contributed by atoms with Crippen molar-refractivity contribution in [3.05, 3.63) is 27.2 Å². The van der Waals surface area contributed by atoms with Gasteiger partial charge in [0.15, 0.2) is 11.7 Å². The van der Waals surface area contributed by atoms with E-state index in [-0.39, 0.29) is 41.5 Å². The quantitative estimate of drug-likeness (QED) is 0.381. The number of hydrogen-bond acceptors (Lipinski definition) is 3. The van der Waals surface area contributed by atoms with Gasteiger partial charge >= 0.3 is 6.18 Å². The molecule has 0 atom stereocenters. The number of ether oxygens (including phenoxy) is 1. The zero-order chi connectivity index (χ0) is 20.6. The molecule has 0 aliphatic heterocycles. The van der Waals surface area contributed by atoms with Gasteiger partial charge in [-0.15, -0.1) is 0 Å². The fourth-order valence-corrected chi connectivity index (χ4v) is 2.79. The van der Waals surface area contributed by atoms with Gasteiger partial charge in [0.1, 0.15) is 13.2 Å². The fourth-order valence-electron chi connectivity index (χ4n) is 1.86. The van der Waals surface area contributed by atoms with Crippen molar-refractivity contribution in [3.8, 4) is 5.75 Å². The molecule has 0 aromatic heterocycles. The van der Waals surface area contributed by atoms with Crippen molar-refractivity contribution in [2.24, 2.45) is 4.99 Å². The second kappa shape index (κ2) is 10.7. The lowest BCUT2D eigenvalue weighted by Gasteiger charge is -2.20. The van der Waals surface area contributed by atoms with E-state index < -0.39 is 18.6 Å². The number of hydrogen-bond donors (Lipinski definition) is 2. The van der Waals surface area contributed by atoms with Crippen molar-refractivity contribution in [2.75, 3.05) is 40.3 Å². The number of nitrogens with one attached hydrogen (secondary N) is 2. The lowest BCUT2D eigenvalue weighted by molar-refractivity contribution is -0.157. The van der Waals surface area contributed by atoms with Crippen LogP contribution in [-0.4, -0.2) is 63.3 Å². The largest absolute Gasteiger partial charge is 0.489 e. The molecule has 152 valence electrons. The minimum Gasteiger partial charge on any atom is -0.489 e. The summed E-state index contributed by atoms with van der Waals surface area (Å²) in [5.74, 6) is -0.233. The van der Waals surface area contributed by atoms with Gasteiger partial charge in [-0.1, -0.05) is 34.8 Å². The van der Waals surface area contributed by atoms with Gasteiger partial charge in [-0.2, -0.15) is 13.2 Å². The Hall–Kier alpha value is -1.58. The lowest BCUT2D eigenvalue weighted by atomic mass is 10.3. The molecule has 0 saturated carbocycles. The van der Waals surface area contributed by atoms with Crippen LogP contribution >= 0.6 is 34.8 Å².